The minimum absolute atomic E-state index is 0.0917. The Labute approximate surface area is 56.2 Å². The molecule has 0 radical (unpaired) electrons. The standard InChI is InChI=1S/C8H6/c1-2-8-6-4-3-5-7-8/h1,3-7H/i3D,4D,5D,6D,7D. The van der Waals surface area contributed by atoms with Crippen LogP contribution >= 0.6 is 0 Å². The van der Waals surface area contributed by atoms with Crippen molar-refractivity contribution in [2.75, 3.05) is 0 Å². The van der Waals surface area contributed by atoms with E-state index in [0.717, 1.165) is 0 Å². The summed E-state index contributed by atoms with van der Waals surface area (Å²) >= 11 is 0. The Hall–Kier alpha value is -1.22. The molecule has 0 heterocycles. The third kappa shape index (κ3) is 0.886. The van der Waals surface area contributed by atoms with Crippen molar-refractivity contribution in [1.29, 1.82) is 0 Å². The van der Waals surface area contributed by atoms with Crippen LogP contribution in [-0.2, 0) is 0 Å². The predicted molar refractivity (Wildman–Crippen MR) is 34.4 cm³/mol. The summed E-state index contributed by atoms with van der Waals surface area (Å²) in [6, 6.07) is -1.86. The van der Waals surface area contributed by atoms with Crippen molar-refractivity contribution in [2.45, 2.75) is 0 Å². The normalized spacial score (nSPS) is 16.6. The first-order valence-electron chi connectivity index (χ1n) is 4.54. The predicted octanol–water partition coefficient (Wildman–Crippen LogP) is 1.67. The van der Waals surface area contributed by atoms with Crippen LogP contribution in [0.5, 0.6) is 0 Å². The van der Waals surface area contributed by atoms with Gasteiger partial charge in [0.1, 0.15) is 0 Å². The molecule has 0 heteroatoms. The van der Waals surface area contributed by atoms with Gasteiger partial charge < -0.3 is 0 Å². The summed E-state index contributed by atoms with van der Waals surface area (Å²) in [6.45, 7) is 0. The lowest BCUT2D eigenvalue weighted by Crippen LogP contribution is -1.66. The first-order valence-corrected chi connectivity index (χ1v) is 2.04. The molecule has 0 spiro atoms. The summed E-state index contributed by atoms with van der Waals surface area (Å²) < 4.78 is 36.4. The quantitative estimate of drug-likeness (QED) is 0.442. The summed E-state index contributed by atoms with van der Waals surface area (Å²) in [5, 5.41) is 0. The van der Waals surface area contributed by atoms with Gasteiger partial charge in [0.2, 0.25) is 0 Å². The third-order valence-electron chi connectivity index (χ3n) is 0.644. The van der Waals surface area contributed by atoms with Crippen LogP contribution in [-0.4, -0.2) is 0 Å². The van der Waals surface area contributed by atoms with Gasteiger partial charge in [0.15, 0.2) is 0 Å². The van der Waals surface area contributed by atoms with Crippen molar-refractivity contribution < 1.29 is 6.85 Å². The smallest absolute Gasteiger partial charge is 0.0636 e. The number of hydrogen-bond acceptors (Lipinski definition) is 0. The molecule has 8 heavy (non-hydrogen) atoms. The van der Waals surface area contributed by atoms with E-state index in [1.54, 1.807) is 0 Å². The molecule has 0 unspecified atom stereocenters. The van der Waals surface area contributed by atoms with Crippen LogP contribution in [0.15, 0.2) is 30.2 Å². The summed E-state index contributed by atoms with van der Waals surface area (Å²) in [5.41, 5.74) is -0.0917. The van der Waals surface area contributed by atoms with E-state index in [0.29, 0.717) is 0 Å². The Morgan fingerprint density at radius 3 is 2.50 bits per heavy atom. The summed E-state index contributed by atoms with van der Waals surface area (Å²) in [5.74, 6) is 2.07. The SMILES string of the molecule is [2H]c1c([2H])c([2H])c(C#C)c([2H])c1[2H]. The Bertz CT molecular complexity index is 373. The average molecular weight is 107 g/mol. The molecule has 0 bridgehead atoms. The number of hydrogen-bond donors (Lipinski definition) is 0. The topological polar surface area (TPSA) is 0 Å². The van der Waals surface area contributed by atoms with E-state index in [2.05, 4.69) is 5.92 Å². The summed E-state index contributed by atoms with van der Waals surface area (Å²) in [6.07, 6.45) is 5.02. The molecule has 0 aromatic heterocycles. The maximum absolute atomic E-state index is 7.32. The highest BCUT2D eigenvalue weighted by Crippen LogP contribution is 1.92. The molecule has 1 aromatic carbocycles. The minimum Gasteiger partial charge on any atom is -0.115 e. The van der Waals surface area contributed by atoms with Gasteiger partial charge in [-0.1, -0.05) is 24.0 Å². The fourth-order valence-electron chi connectivity index (χ4n) is 0.322. The Morgan fingerprint density at radius 2 is 2.00 bits per heavy atom. The second kappa shape index (κ2) is 2.18. The second-order valence-electron chi connectivity index (χ2n) is 1.14. The molecule has 0 nitrogen and oxygen atoms in total. The van der Waals surface area contributed by atoms with Crippen molar-refractivity contribution in [2.24, 2.45) is 0 Å². The van der Waals surface area contributed by atoms with Gasteiger partial charge in [-0.15, -0.1) is 6.42 Å². The zero-order chi connectivity index (χ0) is 10.2. The molecule has 0 fully saturated rings. The lowest BCUT2D eigenvalue weighted by atomic mass is 10.2. The van der Waals surface area contributed by atoms with E-state index in [9.17, 15) is 0 Å². The van der Waals surface area contributed by atoms with Gasteiger partial charge in [0.25, 0.3) is 0 Å². The van der Waals surface area contributed by atoms with Crippen LogP contribution in [0.25, 0.3) is 0 Å². The highest BCUT2D eigenvalue weighted by molar-refractivity contribution is 5.30. The molecule has 0 aliphatic rings. The van der Waals surface area contributed by atoms with Crippen molar-refractivity contribution in [3.8, 4) is 12.3 Å². The number of rotatable bonds is 0. The lowest BCUT2D eigenvalue weighted by Gasteiger charge is -1.82. The molecule has 0 saturated heterocycles. The van der Waals surface area contributed by atoms with E-state index in [1.165, 1.54) is 0 Å². The maximum atomic E-state index is 7.32. The molecular weight excluding hydrogens is 96.1 g/mol. The zero-order valence-corrected chi connectivity index (χ0v) is 4.08. The fraction of sp³-hybridized carbons (Fsp3) is 0. The Kier molecular flexibility index (Phi) is 0.445. The van der Waals surface area contributed by atoms with Crippen LogP contribution in [0, 0.1) is 12.3 Å². The van der Waals surface area contributed by atoms with E-state index >= 15 is 0 Å². The first-order chi connectivity index (χ1) is 6.00. The van der Waals surface area contributed by atoms with Crippen LogP contribution in [0.2, 0.25) is 0 Å². The highest BCUT2D eigenvalue weighted by Gasteiger charge is 1.76. The van der Waals surface area contributed by atoms with E-state index in [4.69, 9.17) is 13.3 Å². The van der Waals surface area contributed by atoms with E-state index in [1.807, 2.05) is 0 Å². The van der Waals surface area contributed by atoms with Crippen molar-refractivity contribution in [3.63, 3.8) is 0 Å². The molecular formula is C8H6. The van der Waals surface area contributed by atoms with Crippen LogP contribution in [0.4, 0.5) is 0 Å². The second-order valence-corrected chi connectivity index (χ2v) is 1.14. The van der Waals surface area contributed by atoms with Crippen LogP contribution < -0.4 is 0 Å². The van der Waals surface area contributed by atoms with Gasteiger partial charge >= 0.3 is 0 Å². The Morgan fingerprint density at radius 1 is 1.38 bits per heavy atom. The number of terminal acetylenes is 1. The zero-order valence-electron chi connectivity index (χ0n) is 9.08. The van der Waals surface area contributed by atoms with Gasteiger partial charge in [0, 0.05) is 5.56 Å². The van der Waals surface area contributed by atoms with Gasteiger partial charge in [-0.25, -0.2) is 0 Å². The molecule has 0 aliphatic heterocycles. The molecule has 0 aliphatic carbocycles. The van der Waals surface area contributed by atoms with Crippen molar-refractivity contribution >= 4 is 0 Å². The average Bonchev–Trinajstić information content (AvgIpc) is 2.13. The Balaban J connectivity index is 3.69. The molecule has 0 amide bonds. The lowest BCUT2D eigenvalue weighted by molar-refractivity contribution is 1.65. The van der Waals surface area contributed by atoms with Gasteiger partial charge in [-0.05, 0) is 12.1 Å². The number of benzene rings is 1. The van der Waals surface area contributed by atoms with Crippen LogP contribution in [0.1, 0.15) is 12.4 Å². The van der Waals surface area contributed by atoms with Gasteiger partial charge in [-0.2, -0.15) is 0 Å². The van der Waals surface area contributed by atoms with Gasteiger partial charge in [-0.3, -0.25) is 0 Å². The third-order valence-corrected chi connectivity index (χ3v) is 0.644. The maximum Gasteiger partial charge on any atom is 0.0636 e. The molecule has 0 N–H and O–H groups in total. The largest absolute Gasteiger partial charge is 0.115 e. The van der Waals surface area contributed by atoms with Gasteiger partial charge in [0.05, 0.1) is 6.85 Å². The van der Waals surface area contributed by atoms with E-state index in [-0.39, 0.29) is 17.6 Å². The molecule has 38 valence electrons. The monoisotopic (exact) mass is 107 g/mol. The minimum atomic E-state index is -0.422. The van der Waals surface area contributed by atoms with E-state index < -0.39 is 18.1 Å². The molecule has 0 saturated carbocycles. The van der Waals surface area contributed by atoms with Crippen molar-refractivity contribution in [3.05, 3.63) is 35.8 Å². The highest BCUT2D eigenvalue weighted by atomic mass is 13.8. The fourth-order valence-corrected chi connectivity index (χ4v) is 0.322. The summed E-state index contributed by atoms with van der Waals surface area (Å²) in [4.78, 5) is 0. The molecule has 1 aromatic rings. The molecule has 1 rings (SSSR count). The summed E-state index contributed by atoms with van der Waals surface area (Å²) in [7, 11) is 0. The van der Waals surface area contributed by atoms with Crippen LogP contribution in [0.3, 0.4) is 0 Å². The first kappa shape index (κ1) is 1.63. The van der Waals surface area contributed by atoms with Crippen molar-refractivity contribution in [1.82, 2.24) is 0 Å². The molecule has 0 atom stereocenters.